The van der Waals surface area contributed by atoms with Gasteiger partial charge in [-0.1, -0.05) is 11.6 Å². The predicted molar refractivity (Wildman–Crippen MR) is 79.5 cm³/mol. The third-order valence-electron chi connectivity index (χ3n) is 2.91. The summed E-state index contributed by atoms with van der Waals surface area (Å²) in [4.78, 5) is 12.2. The standard InChI is InChI=1S/C12H15BrClN5O/c1-12(2,19-8-10(14)6-17-19)11(20)15-3-4-18-7-9(13)5-16-18/h5-8H,3-4H2,1-2H3,(H,15,20). The van der Waals surface area contributed by atoms with Crippen LogP contribution in [-0.4, -0.2) is 32.0 Å². The first-order valence-corrected chi connectivity index (χ1v) is 7.23. The molecule has 2 rings (SSSR count). The van der Waals surface area contributed by atoms with Crippen LogP contribution in [0.1, 0.15) is 13.8 Å². The number of rotatable bonds is 5. The van der Waals surface area contributed by atoms with Gasteiger partial charge in [0.05, 0.1) is 28.4 Å². The monoisotopic (exact) mass is 359 g/mol. The van der Waals surface area contributed by atoms with E-state index in [9.17, 15) is 4.79 Å². The number of halogens is 2. The van der Waals surface area contributed by atoms with E-state index in [0.29, 0.717) is 18.1 Å². The molecular weight excluding hydrogens is 346 g/mol. The molecular formula is C12H15BrClN5O. The number of hydrogen-bond donors (Lipinski definition) is 1. The van der Waals surface area contributed by atoms with Gasteiger partial charge in [0.25, 0.3) is 0 Å². The number of hydrogen-bond acceptors (Lipinski definition) is 3. The molecule has 108 valence electrons. The molecule has 8 heteroatoms. The normalized spacial score (nSPS) is 11.6. The summed E-state index contributed by atoms with van der Waals surface area (Å²) in [5, 5.41) is 11.6. The number of nitrogens with one attached hydrogen (secondary N) is 1. The van der Waals surface area contributed by atoms with Crippen LogP contribution in [0.15, 0.2) is 29.3 Å². The molecule has 2 aromatic rings. The molecule has 0 bridgehead atoms. The molecule has 2 aromatic heterocycles. The summed E-state index contributed by atoms with van der Waals surface area (Å²) in [6.45, 7) is 4.67. The first-order chi connectivity index (χ1) is 9.39. The zero-order valence-electron chi connectivity index (χ0n) is 11.2. The van der Waals surface area contributed by atoms with Crippen molar-refractivity contribution in [1.82, 2.24) is 24.9 Å². The summed E-state index contributed by atoms with van der Waals surface area (Å²) >= 11 is 9.15. The van der Waals surface area contributed by atoms with Crippen molar-refractivity contribution in [2.24, 2.45) is 0 Å². The minimum absolute atomic E-state index is 0.122. The maximum absolute atomic E-state index is 12.2. The largest absolute Gasteiger partial charge is 0.352 e. The van der Waals surface area contributed by atoms with E-state index in [1.165, 1.54) is 6.20 Å². The first kappa shape index (κ1) is 15.1. The van der Waals surface area contributed by atoms with Crippen LogP contribution in [0.4, 0.5) is 0 Å². The third kappa shape index (κ3) is 3.40. The summed E-state index contributed by atoms with van der Waals surface area (Å²) < 4.78 is 4.22. The van der Waals surface area contributed by atoms with Crippen molar-refractivity contribution in [2.45, 2.75) is 25.9 Å². The van der Waals surface area contributed by atoms with Crippen molar-refractivity contribution < 1.29 is 4.79 Å². The van der Waals surface area contributed by atoms with Crippen molar-refractivity contribution >= 4 is 33.4 Å². The first-order valence-electron chi connectivity index (χ1n) is 6.06. The number of carbonyl (C=O) groups is 1. The lowest BCUT2D eigenvalue weighted by Crippen LogP contribution is -2.45. The van der Waals surface area contributed by atoms with Gasteiger partial charge < -0.3 is 5.32 Å². The lowest BCUT2D eigenvalue weighted by molar-refractivity contribution is -0.128. The second-order valence-corrected chi connectivity index (χ2v) is 6.19. The minimum atomic E-state index is -0.794. The van der Waals surface area contributed by atoms with Gasteiger partial charge in [0, 0.05) is 18.9 Å². The lowest BCUT2D eigenvalue weighted by atomic mass is 10.1. The third-order valence-corrected chi connectivity index (χ3v) is 3.51. The van der Waals surface area contributed by atoms with Gasteiger partial charge in [-0.3, -0.25) is 14.2 Å². The molecule has 0 spiro atoms. The molecule has 0 aromatic carbocycles. The Morgan fingerprint density at radius 1 is 1.40 bits per heavy atom. The number of nitrogens with zero attached hydrogens (tertiary/aromatic N) is 4. The average Bonchev–Trinajstić information content (AvgIpc) is 2.98. The Balaban J connectivity index is 1.91. The van der Waals surface area contributed by atoms with Crippen LogP contribution < -0.4 is 5.32 Å². The second kappa shape index (κ2) is 5.97. The van der Waals surface area contributed by atoms with E-state index in [-0.39, 0.29) is 5.91 Å². The van der Waals surface area contributed by atoms with Gasteiger partial charge in [0.1, 0.15) is 5.54 Å². The van der Waals surface area contributed by atoms with E-state index >= 15 is 0 Å². The molecule has 6 nitrogen and oxygen atoms in total. The van der Waals surface area contributed by atoms with Gasteiger partial charge in [0.2, 0.25) is 5.91 Å². The zero-order chi connectivity index (χ0) is 14.8. The molecule has 0 unspecified atom stereocenters. The van der Waals surface area contributed by atoms with Crippen LogP contribution in [0.2, 0.25) is 5.02 Å². The van der Waals surface area contributed by atoms with Gasteiger partial charge in [-0.05, 0) is 29.8 Å². The van der Waals surface area contributed by atoms with Gasteiger partial charge in [-0.15, -0.1) is 0 Å². The fourth-order valence-electron chi connectivity index (χ4n) is 1.67. The molecule has 0 saturated heterocycles. The van der Waals surface area contributed by atoms with Crippen molar-refractivity contribution in [3.8, 4) is 0 Å². The van der Waals surface area contributed by atoms with Gasteiger partial charge >= 0.3 is 0 Å². The Bertz CT molecular complexity index is 607. The Labute approximate surface area is 130 Å². The van der Waals surface area contributed by atoms with Gasteiger partial charge in [-0.25, -0.2) is 0 Å². The fourth-order valence-corrected chi connectivity index (χ4v) is 2.14. The van der Waals surface area contributed by atoms with Crippen LogP contribution in [-0.2, 0) is 16.9 Å². The molecule has 1 amide bonds. The van der Waals surface area contributed by atoms with Crippen LogP contribution >= 0.6 is 27.5 Å². The van der Waals surface area contributed by atoms with Crippen LogP contribution in [0.5, 0.6) is 0 Å². The van der Waals surface area contributed by atoms with E-state index in [4.69, 9.17) is 11.6 Å². The molecule has 0 aliphatic heterocycles. The highest BCUT2D eigenvalue weighted by Crippen LogP contribution is 2.17. The molecule has 20 heavy (non-hydrogen) atoms. The van der Waals surface area contributed by atoms with E-state index in [2.05, 4.69) is 31.4 Å². The molecule has 2 heterocycles. The Morgan fingerprint density at radius 3 is 2.70 bits per heavy atom. The van der Waals surface area contributed by atoms with E-state index in [1.807, 2.05) is 6.20 Å². The van der Waals surface area contributed by atoms with Gasteiger partial charge in [0.15, 0.2) is 0 Å². The Hall–Kier alpha value is -1.34. The predicted octanol–water partition coefficient (Wildman–Crippen LogP) is 2.05. The van der Waals surface area contributed by atoms with Crippen LogP contribution in [0, 0.1) is 0 Å². The number of carbonyl (C=O) groups excluding carboxylic acids is 1. The second-order valence-electron chi connectivity index (χ2n) is 4.84. The molecule has 0 radical (unpaired) electrons. The maximum Gasteiger partial charge on any atom is 0.247 e. The summed E-state index contributed by atoms with van der Waals surface area (Å²) in [5.74, 6) is -0.122. The average molecular weight is 361 g/mol. The molecule has 0 fully saturated rings. The summed E-state index contributed by atoms with van der Waals surface area (Å²) in [5.41, 5.74) is -0.794. The van der Waals surface area contributed by atoms with E-state index < -0.39 is 5.54 Å². The van der Waals surface area contributed by atoms with Crippen molar-refractivity contribution in [3.63, 3.8) is 0 Å². The highest BCUT2D eigenvalue weighted by Gasteiger charge is 2.30. The lowest BCUT2D eigenvalue weighted by Gasteiger charge is -2.24. The minimum Gasteiger partial charge on any atom is -0.352 e. The fraction of sp³-hybridized carbons (Fsp3) is 0.417. The van der Waals surface area contributed by atoms with Crippen molar-refractivity contribution in [2.75, 3.05) is 6.54 Å². The van der Waals surface area contributed by atoms with Gasteiger partial charge in [-0.2, -0.15) is 10.2 Å². The molecule has 0 saturated carbocycles. The number of aromatic nitrogens is 4. The Kier molecular flexibility index (Phi) is 4.49. The number of amides is 1. The molecule has 1 N–H and O–H groups in total. The highest BCUT2D eigenvalue weighted by molar-refractivity contribution is 9.10. The smallest absolute Gasteiger partial charge is 0.247 e. The summed E-state index contributed by atoms with van der Waals surface area (Å²) in [6, 6.07) is 0. The highest BCUT2D eigenvalue weighted by atomic mass is 79.9. The van der Waals surface area contributed by atoms with E-state index in [1.54, 1.807) is 35.6 Å². The van der Waals surface area contributed by atoms with Crippen LogP contribution in [0.25, 0.3) is 0 Å². The SMILES string of the molecule is CC(C)(C(=O)NCCn1cc(Br)cn1)n1cc(Cl)cn1. The van der Waals surface area contributed by atoms with Crippen molar-refractivity contribution in [1.29, 1.82) is 0 Å². The summed E-state index contributed by atoms with van der Waals surface area (Å²) in [7, 11) is 0. The van der Waals surface area contributed by atoms with E-state index in [0.717, 1.165) is 4.47 Å². The quantitative estimate of drug-likeness (QED) is 0.887. The molecule has 0 aliphatic carbocycles. The molecule has 0 atom stereocenters. The maximum atomic E-state index is 12.2. The van der Waals surface area contributed by atoms with Crippen LogP contribution in [0.3, 0.4) is 0 Å². The zero-order valence-corrected chi connectivity index (χ0v) is 13.5. The topological polar surface area (TPSA) is 64.7 Å². The Morgan fingerprint density at radius 2 is 2.15 bits per heavy atom. The van der Waals surface area contributed by atoms with Crippen molar-refractivity contribution in [3.05, 3.63) is 34.3 Å². The molecule has 0 aliphatic rings. The summed E-state index contributed by atoms with van der Waals surface area (Å²) in [6.07, 6.45) is 6.70.